The molecule has 0 fully saturated rings. The number of halogens is 1. The Balaban J connectivity index is 2.24. The van der Waals surface area contributed by atoms with Crippen LogP contribution in [-0.2, 0) is 6.42 Å². The lowest BCUT2D eigenvalue weighted by molar-refractivity contribution is 0.255. The van der Waals surface area contributed by atoms with Gasteiger partial charge in [0.1, 0.15) is 5.82 Å². The number of hydrogen-bond acceptors (Lipinski definition) is 2. The number of guanidine groups is 1. The van der Waals surface area contributed by atoms with Gasteiger partial charge in [0.15, 0.2) is 5.96 Å². The van der Waals surface area contributed by atoms with Gasteiger partial charge in [-0.1, -0.05) is 19.1 Å². The molecule has 2 N–H and O–H groups in total. The lowest BCUT2D eigenvalue weighted by atomic mass is 10.1. The highest BCUT2D eigenvalue weighted by molar-refractivity contribution is 5.79. The Labute approximate surface area is 133 Å². The minimum atomic E-state index is -0.195. The van der Waals surface area contributed by atoms with Crippen molar-refractivity contribution < 1.29 is 4.39 Å². The molecule has 0 amide bonds. The van der Waals surface area contributed by atoms with Crippen LogP contribution >= 0.6 is 0 Å². The fourth-order valence-electron chi connectivity index (χ4n) is 2.08. The fraction of sp³-hybridized carbons (Fsp3) is 0.588. The SMILES string of the molecule is CCC(C)N(C)CCNC(=NC)NCCc1ccc(F)cc1. The predicted molar refractivity (Wildman–Crippen MR) is 91.9 cm³/mol. The van der Waals surface area contributed by atoms with Crippen LogP contribution < -0.4 is 10.6 Å². The van der Waals surface area contributed by atoms with E-state index < -0.39 is 0 Å². The van der Waals surface area contributed by atoms with Crippen LogP contribution in [0.3, 0.4) is 0 Å². The van der Waals surface area contributed by atoms with E-state index in [0.29, 0.717) is 6.04 Å². The molecular weight excluding hydrogens is 279 g/mol. The van der Waals surface area contributed by atoms with Crippen molar-refractivity contribution in [3.63, 3.8) is 0 Å². The maximum absolute atomic E-state index is 12.8. The molecule has 5 heteroatoms. The standard InChI is InChI=1S/C17H29FN4/c1-5-14(2)22(4)13-12-21-17(19-3)20-11-10-15-6-8-16(18)9-7-15/h6-9,14H,5,10-13H2,1-4H3,(H2,19,20,21). The monoisotopic (exact) mass is 308 g/mol. The van der Waals surface area contributed by atoms with Crippen molar-refractivity contribution >= 4 is 5.96 Å². The number of nitrogens with zero attached hydrogens (tertiary/aromatic N) is 2. The second-order valence-corrected chi connectivity index (χ2v) is 5.54. The van der Waals surface area contributed by atoms with Crippen LogP contribution in [0.4, 0.5) is 4.39 Å². The van der Waals surface area contributed by atoms with Gasteiger partial charge in [0, 0.05) is 32.7 Å². The molecule has 1 unspecified atom stereocenters. The molecule has 0 aliphatic carbocycles. The highest BCUT2D eigenvalue weighted by atomic mass is 19.1. The van der Waals surface area contributed by atoms with E-state index in [1.165, 1.54) is 12.1 Å². The average Bonchev–Trinajstić information content (AvgIpc) is 2.54. The zero-order chi connectivity index (χ0) is 16.4. The van der Waals surface area contributed by atoms with Gasteiger partial charge in [-0.05, 0) is 44.5 Å². The van der Waals surface area contributed by atoms with Crippen LogP contribution in [0.2, 0.25) is 0 Å². The molecule has 0 aliphatic rings. The smallest absolute Gasteiger partial charge is 0.191 e. The van der Waals surface area contributed by atoms with Gasteiger partial charge in [0.25, 0.3) is 0 Å². The molecule has 1 rings (SSSR count). The largest absolute Gasteiger partial charge is 0.356 e. The third kappa shape index (κ3) is 6.89. The Morgan fingerprint density at radius 3 is 2.45 bits per heavy atom. The van der Waals surface area contributed by atoms with Crippen LogP contribution in [0.5, 0.6) is 0 Å². The van der Waals surface area contributed by atoms with Crippen molar-refractivity contribution in [1.82, 2.24) is 15.5 Å². The van der Waals surface area contributed by atoms with Gasteiger partial charge in [0.05, 0.1) is 0 Å². The first-order valence-corrected chi connectivity index (χ1v) is 7.96. The van der Waals surface area contributed by atoms with E-state index in [4.69, 9.17) is 0 Å². The summed E-state index contributed by atoms with van der Waals surface area (Å²) in [6.07, 6.45) is 1.99. The number of rotatable bonds is 8. The fourth-order valence-corrected chi connectivity index (χ4v) is 2.08. The maximum Gasteiger partial charge on any atom is 0.191 e. The molecule has 124 valence electrons. The molecule has 0 saturated carbocycles. The Hall–Kier alpha value is -1.62. The molecule has 22 heavy (non-hydrogen) atoms. The van der Waals surface area contributed by atoms with Crippen molar-refractivity contribution in [2.24, 2.45) is 4.99 Å². The minimum absolute atomic E-state index is 0.195. The summed E-state index contributed by atoms with van der Waals surface area (Å²) in [5, 5.41) is 6.59. The summed E-state index contributed by atoms with van der Waals surface area (Å²) >= 11 is 0. The molecule has 4 nitrogen and oxygen atoms in total. The van der Waals surface area contributed by atoms with Gasteiger partial charge in [-0.3, -0.25) is 4.99 Å². The van der Waals surface area contributed by atoms with Gasteiger partial charge in [-0.15, -0.1) is 0 Å². The summed E-state index contributed by atoms with van der Waals surface area (Å²) in [5.41, 5.74) is 1.11. The van der Waals surface area contributed by atoms with Crippen LogP contribution in [-0.4, -0.2) is 50.6 Å². The van der Waals surface area contributed by atoms with Gasteiger partial charge < -0.3 is 15.5 Å². The van der Waals surface area contributed by atoms with Crippen molar-refractivity contribution in [2.45, 2.75) is 32.7 Å². The van der Waals surface area contributed by atoms with Crippen LogP contribution in [0, 0.1) is 5.82 Å². The Kier molecular flexibility index (Phi) is 8.51. The third-order valence-electron chi connectivity index (χ3n) is 3.94. The Morgan fingerprint density at radius 1 is 1.23 bits per heavy atom. The van der Waals surface area contributed by atoms with Gasteiger partial charge in [0.2, 0.25) is 0 Å². The number of nitrogens with one attached hydrogen (secondary N) is 2. The van der Waals surface area contributed by atoms with E-state index in [1.807, 2.05) is 12.1 Å². The first-order chi connectivity index (χ1) is 10.6. The molecule has 0 saturated heterocycles. The lowest BCUT2D eigenvalue weighted by Crippen LogP contribution is -2.42. The van der Waals surface area contributed by atoms with E-state index in [0.717, 1.165) is 44.0 Å². The Morgan fingerprint density at radius 2 is 1.86 bits per heavy atom. The molecule has 0 radical (unpaired) electrons. The normalized spacial score (nSPS) is 13.3. The van der Waals surface area contributed by atoms with E-state index in [1.54, 1.807) is 7.05 Å². The second-order valence-electron chi connectivity index (χ2n) is 5.54. The lowest BCUT2D eigenvalue weighted by Gasteiger charge is -2.24. The summed E-state index contributed by atoms with van der Waals surface area (Å²) in [6.45, 7) is 7.04. The first-order valence-electron chi connectivity index (χ1n) is 7.96. The molecule has 0 aliphatic heterocycles. The van der Waals surface area contributed by atoms with Crippen LogP contribution in [0.15, 0.2) is 29.3 Å². The second kappa shape index (κ2) is 10.2. The number of aliphatic imine (C=N–C) groups is 1. The van der Waals surface area contributed by atoms with Gasteiger partial charge in [-0.2, -0.15) is 0 Å². The molecule has 1 atom stereocenters. The number of hydrogen-bond donors (Lipinski definition) is 2. The Bertz CT molecular complexity index is 444. The zero-order valence-electron chi connectivity index (χ0n) is 14.2. The first kappa shape index (κ1) is 18.4. The van der Waals surface area contributed by atoms with Gasteiger partial charge >= 0.3 is 0 Å². The van der Waals surface area contributed by atoms with E-state index in [-0.39, 0.29) is 5.82 Å². The molecular formula is C17H29FN4. The van der Waals surface area contributed by atoms with Crippen molar-refractivity contribution in [2.75, 3.05) is 33.7 Å². The topological polar surface area (TPSA) is 39.7 Å². The summed E-state index contributed by atoms with van der Waals surface area (Å²) in [7, 11) is 3.91. The predicted octanol–water partition coefficient (Wildman–Crippen LogP) is 2.26. The molecule has 0 heterocycles. The maximum atomic E-state index is 12.8. The van der Waals surface area contributed by atoms with E-state index in [2.05, 4.69) is 41.4 Å². The molecule has 0 aromatic heterocycles. The van der Waals surface area contributed by atoms with Crippen LogP contribution in [0.1, 0.15) is 25.8 Å². The highest BCUT2D eigenvalue weighted by Crippen LogP contribution is 2.02. The summed E-state index contributed by atoms with van der Waals surface area (Å²) in [6, 6.07) is 7.21. The number of benzene rings is 1. The molecule has 1 aromatic rings. The van der Waals surface area contributed by atoms with Crippen molar-refractivity contribution in [3.05, 3.63) is 35.6 Å². The summed E-state index contributed by atoms with van der Waals surface area (Å²) in [4.78, 5) is 6.54. The van der Waals surface area contributed by atoms with Crippen LogP contribution in [0.25, 0.3) is 0 Å². The highest BCUT2D eigenvalue weighted by Gasteiger charge is 2.06. The quantitative estimate of drug-likeness (QED) is 0.572. The van der Waals surface area contributed by atoms with E-state index >= 15 is 0 Å². The zero-order valence-corrected chi connectivity index (χ0v) is 14.2. The summed E-state index contributed by atoms with van der Waals surface area (Å²) < 4.78 is 12.8. The average molecular weight is 308 g/mol. The summed E-state index contributed by atoms with van der Waals surface area (Å²) in [5.74, 6) is 0.610. The van der Waals surface area contributed by atoms with E-state index in [9.17, 15) is 4.39 Å². The number of likely N-dealkylation sites (N-methyl/N-ethyl adjacent to an activating group) is 1. The minimum Gasteiger partial charge on any atom is -0.356 e. The molecule has 0 spiro atoms. The van der Waals surface area contributed by atoms with Gasteiger partial charge in [-0.25, -0.2) is 4.39 Å². The molecule has 1 aromatic carbocycles. The third-order valence-corrected chi connectivity index (χ3v) is 3.94. The van der Waals surface area contributed by atoms with Crippen molar-refractivity contribution in [1.29, 1.82) is 0 Å². The molecule has 0 bridgehead atoms. The van der Waals surface area contributed by atoms with Crippen molar-refractivity contribution in [3.8, 4) is 0 Å².